The quantitative estimate of drug-likeness (QED) is 0.516. The fourth-order valence-corrected chi connectivity index (χ4v) is 2.29. The SMILES string of the molecule is CCCCOCC(O)CSc1n[nH]c(=O)n1CC. The van der Waals surface area contributed by atoms with Crippen molar-refractivity contribution in [1.82, 2.24) is 14.8 Å². The molecular formula is C11H21N3O3S. The Morgan fingerprint density at radius 1 is 1.56 bits per heavy atom. The minimum atomic E-state index is -0.538. The van der Waals surface area contributed by atoms with Crippen LogP contribution in [0.1, 0.15) is 26.7 Å². The zero-order valence-corrected chi connectivity index (χ0v) is 11.7. The highest BCUT2D eigenvalue weighted by Gasteiger charge is 2.10. The standard InChI is InChI=1S/C11H21N3O3S/c1-3-5-6-17-7-9(15)8-18-11-13-12-10(16)14(11)4-2/h9,15H,3-8H2,1-2H3,(H,12,16). The van der Waals surface area contributed by atoms with Crippen molar-refractivity contribution in [2.24, 2.45) is 0 Å². The fourth-order valence-electron chi connectivity index (χ4n) is 1.38. The molecule has 0 aliphatic heterocycles. The summed E-state index contributed by atoms with van der Waals surface area (Å²) in [6.07, 6.45) is 1.55. The predicted octanol–water partition coefficient (Wildman–Crippen LogP) is 0.861. The molecule has 0 bridgehead atoms. The molecule has 1 aromatic rings. The molecule has 0 fully saturated rings. The van der Waals surface area contributed by atoms with E-state index in [1.54, 1.807) is 0 Å². The van der Waals surface area contributed by atoms with Crippen molar-refractivity contribution in [2.45, 2.75) is 44.5 Å². The number of aliphatic hydroxyl groups excluding tert-OH is 1. The van der Waals surface area contributed by atoms with E-state index in [2.05, 4.69) is 17.1 Å². The normalized spacial score (nSPS) is 12.8. The van der Waals surface area contributed by atoms with Crippen LogP contribution < -0.4 is 5.69 Å². The molecule has 1 atom stereocenters. The Bertz CT molecular complexity index is 391. The summed E-state index contributed by atoms with van der Waals surface area (Å²) in [5, 5.41) is 16.6. The molecule has 18 heavy (non-hydrogen) atoms. The van der Waals surface area contributed by atoms with Gasteiger partial charge < -0.3 is 9.84 Å². The summed E-state index contributed by atoms with van der Waals surface area (Å²) in [5.41, 5.74) is -0.214. The van der Waals surface area contributed by atoms with Gasteiger partial charge in [-0.3, -0.25) is 4.57 Å². The monoisotopic (exact) mass is 275 g/mol. The molecule has 0 saturated heterocycles. The highest BCUT2D eigenvalue weighted by atomic mass is 32.2. The highest BCUT2D eigenvalue weighted by molar-refractivity contribution is 7.99. The van der Waals surface area contributed by atoms with Crippen molar-refractivity contribution in [1.29, 1.82) is 0 Å². The second kappa shape index (κ2) is 8.34. The van der Waals surface area contributed by atoms with Gasteiger partial charge in [0, 0.05) is 18.9 Å². The van der Waals surface area contributed by atoms with Gasteiger partial charge in [0.1, 0.15) is 0 Å². The molecule has 0 aliphatic carbocycles. The first-order valence-corrected chi connectivity index (χ1v) is 7.21. The lowest BCUT2D eigenvalue weighted by molar-refractivity contribution is 0.0473. The molecular weight excluding hydrogens is 254 g/mol. The van der Waals surface area contributed by atoms with E-state index in [4.69, 9.17) is 4.74 Å². The third kappa shape index (κ3) is 4.83. The van der Waals surface area contributed by atoms with Crippen molar-refractivity contribution >= 4 is 11.8 Å². The summed E-state index contributed by atoms with van der Waals surface area (Å²) in [6.45, 7) is 5.55. The zero-order chi connectivity index (χ0) is 13.4. The second-order valence-electron chi connectivity index (χ2n) is 3.95. The van der Waals surface area contributed by atoms with E-state index in [1.807, 2.05) is 6.92 Å². The lowest BCUT2D eigenvalue weighted by Gasteiger charge is -2.10. The van der Waals surface area contributed by atoms with Crippen molar-refractivity contribution in [3.05, 3.63) is 10.5 Å². The molecule has 1 heterocycles. The summed E-state index contributed by atoms with van der Waals surface area (Å²) in [6, 6.07) is 0. The smallest absolute Gasteiger partial charge is 0.343 e. The van der Waals surface area contributed by atoms with Gasteiger partial charge in [-0.15, -0.1) is 5.10 Å². The van der Waals surface area contributed by atoms with Crippen LogP contribution in [0.2, 0.25) is 0 Å². The fraction of sp³-hybridized carbons (Fsp3) is 0.818. The van der Waals surface area contributed by atoms with Gasteiger partial charge >= 0.3 is 5.69 Å². The number of nitrogens with zero attached hydrogens (tertiary/aromatic N) is 2. The average molecular weight is 275 g/mol. The summed E-state index contributed by atoms with van der Waals surface area (Å²) >= 11 is 1.35. The van der Waals surface area contributed by atoms with Gasteiger partial charge in [-0.05, 0) is 13.3 Å². The molecule has 1 unspecified atom stereocenters. The number of H-pyrrole nitrogens is 1. The summed E-state index contributed by atoms with van der Waals surface area (Å²) in [7, 11) is 0. The van der Waals surface area contributed by atoms with Crippen LogP contribution >= 0.6 is 11.8 Å². The summed E-state index contributed by atoms with van der Waals surface area (Å²) in [4.78, 5) is 11.3. The topological polar surface area (TPSA) is 80.1 Å². The molecule has 104 valence electrons. The van der Waals surface area contributed by atoms with E-state index in [-0.39, 0.29) is 5.69 Å². The van der Waals surface area contributed by atoms with Gasteiger partial charge in [-0.25, -0.2) is 9.89 Å². The van der Waals surface area contributed by atoms with Crippen molar-refractivity contribution in [2.75, 3.05) is 19.0 Å². The number of nitrogens with one attached hydrogen (secondary N) is 1. The third-order valence-corrected chi connectivity index (χ3v) is 3.52. The third-order valence-electron chi connectivity index (χ3n) is 2.40. The number of ether oxygens (including phenoxy) is 1. The highest BCUT2D eigenvalue weighted by Crippen LogP contribution is 2.14. The summed E-state index contributed by atoms with van der Waals surface area (Å²) in [5.74, 6) is 0.469. The van der Waals surface area contributed by atoms with Crippen LogP contribution in [0.15, 0.2) is 9.95 Å². The molecule has 0 radical (unpaired) electrons. The van der Waals surface area contributed by atoms with Crippen molar-refractivity contribution in [3.63, 3.8) is 0 Å². The maximum Gasteiger partial charge on any atom is 0.343 e. The van der Waals surface area contributed by atoms with Gasteiger partial charge in [0.05, 0.1) is 12.7 Å². The minimum absolute atomic E-state index is 0.214. The zero-order valence-electron chi connectivity index (χ0n) is 10.9. The van der Waals surface area contributed by atoms with E-state index >= 15 is 0 Å². The number of thioether (sulfide) groups is 1. The Kier molecular flexibility index (Phi) is 7.07. The van der Waals surface area contributed by atoms with Crippen LogP contribution in [0.3, 0.4) is 0 Å². The molecule has 0 saturated carbocycles. The molecule has 2 N–H and O–H groups in total. The maximum absolute atomic E-state index is 11.3. The van der Waals surface area contributed by atoms with E-state index in [1.165, 1.54) is 16.3 Å². The Balaban J connectivity index is 2.29. The number of hydrogen-bond donors (Lipinski definition) is 2. The molecule has 1 rings (SSSR count). The van der Waals surface area contributed by atoms with Crippen LogP contribution in [0.4, 0.5) is 0 Å². The van der Waals surface area contributed by atoms with Gasteiger partial charge in [-0.2, -0.15) is 0 Å². The van der Waals surface area contributed by atoms with E-state index in [0.29, 0.717) is 30.7 Å². The van der Waals surface area contributed by atoms with Crippen LogP contribution in [0, 0.1) is 0 Å². The second-order valence-corrected chi connectivity index (χ2v) is 4.94. The van der Waals surface area contributed by atoms with Gasteiger partial charge in [0.25, 0.3) is 0 Å². The van der Waals surface area contributed by atoms with Gasteiger partial charge in [0.2, 0.25) is 0 Å². The number of aromatic nitrogens is 3. The largest absolute Gasteiger partial charge is 0.390 e. The molecule has 7 heteroatoms. The van der Waals surface area contributed by atoms with Crippen molar-refractivity contribution in [3.8, 4) is 0 Å². The van der Waals surface area contributed by atoms with E-state index in [0.717, 1.165) is 12.8 Å². The molecule has 1 aromatic heterocycles. The lowest BCUT2D eigenvalue weighted by atomic mass is 10.3. The number of hydrogen-bond acceptors (Lipinski definition) is 5. The van der Waals surface area contributed by atoms with E-state index < -0.39 is 6.10 Å². The molecule has 0 aromatic carbocycles. The van der Waals surface area contributed by atoms with Crippen LogP contribution in [-0.4, -0.2) is 44.9 Å². The molecule has 0 spiro atoms. The first kappa shape index (κ1) is 15.3. The van der Waals surface area contributed by atoms with Gasteiger partial charge in [0.15, 0.2) is 5.16 Å². The average Bonchev–Trinajstić information content (AvgIpc) is 2.72. The minimum Gasteiger partial charge on any atom is -0.390 e. The van der Waals surface area contributed by atoms with Crippen LogP contribution in [0.5, 0.6) is 0 Å². The first-order valence-electron chi connectivity index (χ1n) is 6.22. The van der Waals surface area contributed by atoms with Crippen LogP contribution in [-0.2, 0) is 11.3 Å². The number of aromatic amines is 1. The Labute approximate surface area is 111 Å². The Morgan fingerprint density at radius 3 is 3.00 bits per heavy atom. The molecule has 6 nitrogen and oxygen atoms in total. The molecule has 0 amide bonds. The Hall–Kier alpha value is -0.790. The van der Waals surface area contributed by atoms with Crippen molar-refractivity contribution < 1.29 is 9.84 Å². The van der Waals surface area contributed by atoms with Gasteiger partial charge in [-0.1, -0.05) is 25.1 Å². The first-order chi connectivity index (χ1) is 8.69. The van der Waals surface area contributed by atoms with Crippen LogP contribution in [0.25, 0.3) is 0 Å². The number of aliphatic hydroxyl groups is 1. The Morgan fingerprint density at radius 2 is 2.33 bits per heavy atom. The maximum atomic E-state index is 11.3. The summed E-state index contributed by atoms with van der Waals surface area (Å²) < 4.78 is 6.86. The number of unbranched alkanes of at least 4 members (excludes halogenated alkanes) is 1. The number of rotatable bonds is 9. The van der Waals surface area contributed by atoms with E-state index in [9.17, 15) is 9.90 Å². The molecule has 0 aliphatic rings. The lowest BCUT2D eigenvalue weighted by Crippen LogP contribution is -2.20. The predicted molar refractivity (Wildman–Crippen MR) is 71.0 cm³/mol.